The Balaban J connectivity index is 3.56. The Bertz CT molecular complexity index is 414. The van der Waals surface area contributed by atoms with Gasteiger partial charge in [-0.15, -0.1) is 0 Å². The quantitative estimate of drug-likeness (QED) is 0.657. The van der Waals surface area contributed by atoms with Gasteiger partial charge >= 0.3 is 0 Å². The molecule has 1 heterocycles. The third-order valence-electron chi connectivity index (χ3n) is 1.09. The van der Waals surface area contributed by atoms with E-state index in [4.69, 9.17) is 14.3 Å². The van der Waals surface area contributed by atoms with Gasteiger partial charge in [0, 0.05) is 27.9 Å². The van der Waals surface area contributed by atoms with Crippen LogP contribution in [0.25, 0.3) is 0 Å². The molecular weight excluding hydrogens is 140 g/mol. The fourth-order valence-corrected chi connectivity index (χ4v) is 0.646. The molecule has 0 saturated carbocycles. The van der Waals surface area contributed by atoms with Crippen LogP contribution in [-0.4, -0.2) is 17.1 Å². The molecule has 0 aliphatic carbocycles. The normalized spacial score (nSPS) is 22.8. The average Bonchev–Trinajstić information content (AvgIpc) is 2.24. The Kier molecular flexibility index (Phi) is 0.826. The Hall–Kier alpha value is -1.12. The van der Waals surface area contributed by atoms with Crippen molar-refractivity contribution in [2.24, 2.45) is 0 Å². The molecule has 1 rings (SSSR count). The lowest BCUT2D eigenvalue weighted by atomic mass is 10.1. The molecule has 0 radical (unpaired) electrons. The van der Waals surface area contributed by atoms with Gasteiger partial charge in [0.1, 0.15) is 5.69 Å². The SMILES string of the molecule is [2H]C([2H])([2H])C([2H])(c1nccnc1OC)C([2H])([2H])[2H]. The molecule has 3 heteroatoms. The minimum atomic E-state index is -3.10. The van der Waals surface area contributed by atoms with Crippen LogP contribution in [0.1, 0.15) is 34.9 Å². The van der Waals surface area contributed by atoms with Crippen LogP contribution in [0.4, 0.5) is 0 Å². The third-order valence-corrected chi connectivity index (χ3v) is 1.09. The molecule has 0 spiro atoms. The van der Waals surface area contributed by atoms with Crippen molar-refractivity contribution in [3.8, 4) is 5.88 Å². The highest BCUT2D eigenvalue weighted by molar-refractivity contribution is 5.20. The zero-order valence-electron chi connectivity index (χ0n) is 13.0. The van der Waals surface area contributed by atoms with E-state index in [1.807, 2.05) is 0 Å². The maximum Gasteiger partial charge on any atom is 0.235 e. The molecule has 3 nitrogen and oxygen atoms in total. The van der Waals surface area contributed by atoms with E-state index in [1.54, 1.807) is 0 Å². The van der Waals surface area contributed by atoms with Crippen molar-refractivity contribution in [2.75, 3.05) is 7.11 Å². The molecule has 60 valence electrons. The summed E-state index contributed by atoms with van der Waals surface area (Å²) in [7, 11) is 1.20. The highest BCUT2D eigenvalue weighted by atomic mass is 16.5. The summed E-state index contributed by atoms with van der Waals surface area (Å²) < 4.78 is 56.6. The van der Waals surface area contributed by atoms with E-state index < -0.39 is 25.3 Å². The van der Waals surface area contributed by atoms with Gasteiger partial charge < -0.3 is 4.74 Å². The van der Waals surface area contributed by atoms with Crippen molar-refractivity contribution in [3.05, 3.63) is 18.1 Å². The largest absolute Gasteiger partial charge is 0.480 e. The summed E-state index contributed by atoms with van der Waals surface area (Å²) in [6.45, 7) is -6.19. The molecule has 0 saturated heterocycles. The van der Waals surface area contributed by atoms with Gasteiger partial charge in [-0.25, -0.2) is 4.98 Å². The second kappa shape index (κ2) is 3.32. The molecule has 1 aromatic heterocycles. The Labute approximate surface area is 76.3 Å². The zero-order valence-corrected chi connectivity index (χ0v) is 5.96. The monoisotopic (exact) mass is 159 g/mol. The molecule has 0 aromatic carbocycles. The van der Waals surface area contributed by atoms with Crippen LogP contribution >= 0.6 is 0 Å². The molecule has 0 aliphatic rings. The van der Waals surface area contributed by atoms with Gasteiger partial charge in [0.15, 0.2) is 0 Å². The number of hydrogen-bond acceptors (Lipinski definition) is 3. The first-order valence-electron chi connectivity index (χ1n) is 6.41. The number of rotatable bonds is 2. The van der Waals surface area contributed by atoms with Crippen molar-refractivity contribution >= 4 is 0 Å². The van der Waals surface area contributed by atoms with Crippen LogP contribution < -0.4 is 4.74 Å². The average molecular weight is 159 g/mol. The van der Waals surface area contributed by atoms with Crippen molar-refractivity contribution < 1.29 is 14.3 Å². The van der Waals surface area contributed by atoms with Gasteiger partial charge in [0.2, 0.25) is 5.88 Å². The molecule has 1 aromatic rings. The van der Waals surface area contributed by atoms with Gasteiger partial charge in [-0.1, -0.05) is 13.7 Å². The van der Waals surface area contributed by atoms with Crippen LogP contribution in [0.3, 0.4) is 0 Å². The summed E-state index contributed by atoms with van der Waals surface area (Å²) in [5, 5.41) is 0. The predicted octanol–water partition coefficient (Wildman–Crippen LogP) is 1.61. The minimum Gasteiger partial charge on any atom is -0.480 e. The van der Waals surface area contributed by atoms with Crippen molar-refractivity contribution in [3.63, 3.8) is 0 Å². The number of aromatic nitrogens is 2. The molecule has 0 aliphatic heterocycles. The Morgan fingerprint density at radius 3 is 2.91 bits per heavy atom. The standard InChI is InChI=1S/C8H12N2O/c1-6(2)7-8(11-3)10-5-4-9-7/h4-6H,1-3H3/i1D3,2D3,6D. The second-order valence-electron chi connectivity index (χ2n) is 1.79. The van der Waals surface area contributed by atoms with Crippen LogP contribution in [-0.2, 0) is 0 Å². The summed E-state index contributed by atoms with van der Waals surface area (Å²) in [6.07, 6.45) is 2.35. The third kappa shape index (κ3) is 1.67. The van der Waals surface area contributed by atoms with E-state index >= 15 is 0 Å². The van der Waals surface area contributed by atoms with Gasteiger partial charge in [-0.2, -0.15) is 0 Å². The van der Waals surface area contributed by atoms with Crippen molar-refractivity contribution in [2.45, 2.75) is 19.6 Å². The van der Waals surface area contributed by atoms with E-state index in [1.165, 1.54) is 13.3 Å². The fourth-order valence-electron chi connectivity index (χ4n) is 0.646. The van der Waals surface area contributed by atoms with E-state index in [-0.39, 0.29) is 5.88 Å². The van der Waals surface area contributed by atoms with Gasteiger partial charge in [-0.3, -0.25) is 4.98 Å². The summed E-state index contributed by atoms with van der Waals surface area (Å²) in [6, 6.07) is 0. The lowest BCUT2D eigenvalue weighted by Gasteiger charge is -2.07. The molecule has 0 bridgehead atoms. The number of methoxy groups -OCH3 is 1. The Morgan fingerprint density at radius 2 is 2.27 bits per heavy atom. The summed E-state index contributed by atoms with van der Waals surface area (Å²) in [5.74, 6) is -3.17. The predicted molar refractivity (Wildman–Crippen MR) is 42.7 cm³/mol. The van der Waals surface area contributed by atoms with Crippen LogP contribution in [0.15, 0.2) is 12.4 Å². The molecule has 0 N–H and O–H groups in total. The first-order chi connectivity index (χ1) is 8.05. The van der Waals surface area contributed by atoms with E-state index in [2.05, 4.69) is 9.97 Å². The van der Waals surface area contributed by atoms with Crippen LogP contribution in [0, 0.1) is 0 Å². The molecule has 0 unspecified atom stereocenters. The van der Waals surface area contributed by atoms with Crippen molar-refractivity contribution in [1.82, 2.24) is 9.97 Å². The summed E-state index contributed by atoms with van der Waals surface area (Å²) in [5.41, 5.74) is -0.521. The number of nitrogens with zero attached hydrogens (tertiary/aromatic N) is 2. The van der Waals surface area contributed by atoms with E-state index in [0.29, 0.717) is 0 Å². The molecule has 0 amide bonds. The summed E-state index contributed by atoms with van der Waals surface area (Å²) in [4.78, 5) is 7.35. The van der Waals surface area contributed by atoms with Gasteiger partial charge in [0.05, 0.1) is 7.11 Å². The molecule has 0 atom stereocenters. The van der Waals surface area contributed by atoms with Gasteiger partial charge in [0.25, 0.3) is 0 Å². The molecule has 0 fully saturated rings. The van der Waals surface area contributed by atoms with Crippen LogP contribution in [0.5, 0.6) is 5.88 Å². The number of ether oxygens (including phenoxy) is 1. The topological polar surface area (TPSA) is 35.0 Å². The zero-order chi connectivity index (χ0) is 14.2. The molecule has 11 heavy (non-hydrogen) atoms. The second-order valence-corrected chi connectivity index (χ2v) is 1.79. The lowest BCUT2D eigenvalue weighted by Crippen LogP contribution is -1.99. The molecular formula is C8H12N2O. The van der Waals surface area contributed by atoms with Crippen molar-refractivity contribution in [1.29, 1.82) is 0 Å². The summed E-state index contributed by atoms with van der Waals surface area (Å²) >= 11 is 0. The highest BCUT2D eigenvalue weighted by Gasteiger charge is 2.07. The first-order valence-corrected chi connectivity index (χ1v) is 2.91. The number of hydrogen-bond donors (Lipinski definition) is 0. The van der Waals surface area contributed by atoms with E-state index in [9.17, 15) is 0 Å². The highest BCUT2D eigenvalue weighted by Crippen LogP contribution is 2.19. The van der Waals surface area contributed by atoms with Gasteiger partial charge in [-0.05, 0) is 0 Å². The van der Waals surface area contributed by atoms with E-state index in [0.717, 1.165) is 6.20 Å². The lowest BCUT2D eigenvalue weighted by molar-refractivity contribution is 0.386. The maximum absolute atomic E-state index is 7.90. The Morgan fingerprint density at radius 1 is 1.55 bits per heavy atom. The first kappa shape index (κ1) is 2.73. The minimum absolute atomic E-state index is 0.278. The maximum atomic E-state index is 7.90. The fraction of sp³-hybridized carbons (Fsp3) is 0.500. The van der Waals surface area contributed by atoms with Crippen LogP contribution in [0.2, 0.25) is 0 Å². The smallest absolute Gasteiger partial charge is 0.235 e.